The van der Waals surface area contributed by atoms with E-state index in [4.69, 9.17) is 15.2 Å². The number of halogens is 1. The SMILES string of the molecule is CC(C)(C)OC(=O)NCCCCN.CCCCCNCCC(=O)OCC.CCOC(=O)CCBr. The van der Waals surface area contributed by atoms with Crippen LogP contribution in [0.4, 0.5) is 4.79 Å². The van der Waals surface area contributed by atoms with Gasteiger partial charge in [-0.3, -0.25) is 9.59 Å². The number of amides is 1. The summed E-state index contributed by atoms with van der Waals surface area (Å²) in [6, 6.07) is 0. The Hall–Kier alpha value is -1.39. The predicted octanol–water partition coefficient (Wildman–Crippen LogP) is 4.30. The zero-order chi connectivity index (χ0) is 26.7. The zero-order valence-corrected chi connectivity index (χ0v) is 23.9. The molecule has 9 nitrogen and oxygen atoms in total. The van der Waals surface area contributed by atoms with Crippen LogP contribution >= 0.6 is 15.9 Å². The molecule has 0 rings (SSSR count). The molecular formula is C24H50BrN3O6. The smallest absolute Gasteiger partial charge is 0.407 e. The van der Waals surface area contributed by atoms with Gasteiger partial charge in [-0.15, -0.1) is 0 Å². The van der Waals surface area contributed by atoms with E-state index in [2.05, 4.69) is 38.2 Å². The van der Waals surface area contributed by atoms with E-state index in [0.29, 0.717) is 44.5 Å². The number of carbonyl (C=O) groups is 3. The highest BCUT2D eigenvalue weighted by molar-refractivity contribution is 9.09. The number of alkyl halides is 1. The molecule has 0 aromatic rings. The van der Waals surface area contributed by atoms with Gasteiger partial charge in [-0.25, -0.2) is 4.79 Å². The summed E-state index contributed by atoms with van der Waals surface area (Å²) in [5.74, 6) is -0.241. The van der Waals surface area contributed by atoms with Gasteiger partial charge >= 0.3 is 18.0 Å². The molecule has 204 valence electrons. The summed E-state index contributed by atoms with van der Waals surface area (Å²) in [4.78, 5) is 32.3. The van der Waals surface area contributed by atoms with E-state index in [1.54, 1.807) is 6.92 Å². The fourth-order valence-electron chi connectivity index (χ4n) is 2.13. The topological polar surface area (TPSA) is 129 Å². The number of esters is 2. The maximum absolute atomic E-state index is 11.1. The van der Waals surface area contributed by atoms with Crippen molar-refractivity contribution in [3.8, 4) is 0 Å². The van der Waals surface area contributed by atoms with Gasteiger partial charge in [-0.2, -0.15) is 0 Å². The molecule has 0 aliphatic carbocycles. The number of hydrogen-bond donors (Lipinski definition) is 3. The Kier molecular flexibility index (Phi) is 30.4. The van der Waals surface area contributed by atoms with E-state index in [0.717, 1.165) is 25.9 Å². The van der Waals surface area contributed by atoms with Gasteiger partial charge in [-0.1, -0.05) is 35.7 Å². The van der Waals surface area contributed by atoms with E-state index < -0.39 is 5.60 Å². The number of carbonyl (C=O) groups excluding carboxylic acids is 3. The summed E-state index contributed by atoms with van der Waals surface area (Å²) in [5.41, 5.74) is 4.88. The lowest BCUT2D eigenvalue weighted by atomic mass is 10.2. The number of nitrogens with one attached hydrogen (secondary N) is 2. The van der Waals surface area contributed by atoms with Crippen LogP contribution in [0.25, 0.3) is 0 Å². The molecule has 0 atom stereocenters. The minimum Gasteiger partial charge on any atom is -0.466 e. The van der Waals surface area contributed by atoms with Crippen LogP contribution in [0.15, 0.2) is 0 Å². The molecule has 0 unspecified atom stereocenters. The first kappa shape index (κ1) is 37.2. The molecule has 34 heavy (non-hydrogen) atoms. The lowest BCUT2D eigenvalue weighted by molar-refractivity contribution is -0.143. The summed E-state index contributed by atoms with van der Waals surface area (Å²) in [5, 5.41) is 6.55. The van der Waals surface area contributed by atoms with Gasteiger partial charge in [0, 0.05) is 18.4 Å². The highest BCUT2D eigenvalue weighted by Crippen LogP contribution is 2.06. The van der Waals surface area contributed by atoms with E-state index >= 15 is 0 Å². The summed E-state index contributed by atoms with van der Waals surface area (Å²) in [6.45, 7) is 15.3. The van der Waals surface area contributed by atoms with Crippen LogP contribution in [0, 0.1) is 0 Å². The van der Waals surface area contributed by atoms with E-state index in [9.17, 15) is 14.4 Å². The highest BCUT2D eigenvalue weighted by atomic mass is 79.9. The quantitative estimate of drug-likeness (QED) is 0.118. The van der Waals surface area contributed by atoms with Crippen LogP contribution < -0.4 is 16.4 Å². The van der Waals surface area contributed by atoms with Crippen LogP contribution in [0.5, 0.6) is 0 Å². The summed E-state index contributed by atoms with van der Waals surface area (Å²) >= 11 is 3.12. The lowest BCUT2D eigenvalue weighted by Crippen LogP contribution is -2.33. The first-order valence-corrected chi connectivity index (χ1v) is 13.4. The standard InChI is InChI=1S/C10H21NO2.C9H20N2O2.C5H9BrO2/c1-3-5-6-8-11-9-7-10(12)13-4-2;1-9(2,3)13-8(12)11-7-5-4-6-10;1-2-8-5(7)3-4-6/h11H,3-9H2,1-2H3;4-7,10H2,1-3H3,(H,11,12);2-4H2,1H3. The average molecular weight is 557 g/mol. The van der Waals surface area contributed by atoms with Crippen molar-refractivity contribution >= 4 is 34.0 Å². The summed E-state index contributed by atoms with van der Waals surface area (Å²) in [6.07, 6.45) is 6.11. The number of hydrogen-bond acceptors (Lipinski definition) is 8. The van der Waals surface area contributed by atoms with Crippen molar-refractivity contribution < 1.29 is 28.6 Å². The van der Waals surface area contributed by atoms with Gasteiger partial charge in [0.25, 0.3) is 0 Å². The van der Waals surface area contributed by atoms with Gasteiger partial charge in [0.2, 0.25) is 0 Å². The number of ether oxygens (including phenoxy) is 3. The van der Waals surface area contributed by atoms with Crippen LogP contribution in [-0.4, -0.2) is 68.4 Å². The van der Waals surface area contributed by atoms with Gasteiger partial charge in [0.1, 0.15) is 5.60 Å². The van der Waals surface area contributed by atoms with Crippen LogP contribution in [-0.2, 0) is 23.8 Å². The Morgan fingerprint density at radius 1 is 0.824 bits per heavy atom. The molecule has 0 aromatic heterocycles. The third-order valence-corrected chi connectivity index (χ3v) is 4.07. The molecule has 4 N–H and O–H groups in total. The minimum atomic E-state index is -0.419. The Balaban J connectivity index is -0.000000438. The van der Waals surface area contributed by atoms with Crippen molar-refractivity contribution in [3.05, 3.63) is 0 Å². The molecule has 0 aliphatic heterocycles. The molecule has 10 heteroatoms. The third kappa shape index (κ3) is 37.9. The monoisotopic (exact) mass is 555 g/mol. The normalized spacial score (nSPS) is 10.1. The predicted molar refractivity (Wildman–Crippen MR) is 141 cm³/mol. The molecule has 0 heterocycles. The molecule has 0 bridgehead atoms. The fourth-order valence-corrected chi connectivity index (χ4v) is 2.46. The largest absolute Gasteiger partial charge is 0.466 e. The maximum atomic E-state index is 11.1. The number of unbranched alkanes of at least 4 members (excludes halogenated alkanes) is 3. The maximum Gasteiger partial charge on any atom is 0.407 e. The third-order valence-electron chi connectivity index (χ3n) is 3.67. The molecule has 0 saturated carbocycles. The van der Waals surface area contributed by atoms with Crippen molar-refractivity contribution in [2.75, 3.05) is 44.7 Å². The van der Waals surface area contributed by atoms with Crippen LogP contribution in [0.3, 0.4) is 0 Å². The number of nitrogens with two attached hydrogens (primary N) is 1. The Morgan fingerprint density at radius 2 is 1.38 bits per heavy atom. The second kappa shape index (κ2) is 27.9. The lowest BCUT2D eigenvalue weighted by Gasteiger charge is -2.19. The van der Waals surface area contributed by atoms with Crippen molar-refractivity contribution in [2.45, 2.75) is 92.1 Å². The molecule has 1 amide bonds. The second-order valence-electron chi connectivity index (χ2n) is 8.18. The summed E-state index contributed by atoms with van der Waals surface area (Å²) in [7, 11) is 0. The average Bonchev–Trinajstić information content (AvgIpc) is 2.74. The number of alkyl carbamates (subject to hydrolysis) is 1. The molecule has 0 fully saturated rings. The highest BCUT2D eigenvalue weighted by Gasteiger charge is 2.15. The molecule has 0 saturated heterocycles. The Bertz CT molecular complexity index is 480. The Labute approximate surface area is 215 Å². The van der Waals surface area contributed by atoms with Gasteiger partial charge in [0.05, 0.1) is 26.1 Å². The van der Waals surface area contributed by atoms with Crippen molar-refractivity contribution in [1.82, 2.24) is 10.6 Å². The van der Waals surface area contributed by atoms with E-state index in [1.807, 2.05) is 27.7 Å². The van der Waals surface area contributed by atoms with Crippen LogP contribution in [0.1, 0.15) is 86.5 Å². The van der Waals surface area contributed by atoms with Gasteiger partial charge < -0.3 is 30.6 Å². The zero-order valence-electron chi connectivity index (χ0n) is 22.3. The first-order valence-electron chi connectivity index (χ1n) is 12.3. The molecule has 0 radical (unpaired) electrons. The van der Waals surface area contributed by atoms with Gasteiger partial charge in [-0.05, 0) is 67.0 Å². The fraction of sp³-hybridized carbons (Fsp3) is 0.875. The van der Waals surface area contributed by atoms with E-state index in [1.165, 1.54) is 19.3 Å². The molecule has 0 aliphatic rings. The van der Waals surface area contributed by atoms with Crippen molar-refractivity contribution in [3.63, 3.8) is 0 Å². The minimum absolute atomic E-state index is 0.106. The van der Waals surface area contributed by atoms with E-state index in [-0.39, 0.29) is 18.0 Å². The first-order chi connectivity index (χ1) is 16.1. The van der Waals surface area contributed by atoms with Crippen molar-refractivity contribution in [1.29, 1.82) is 0 Å². The molecule has 0 spiro atoms. The Morgan fingerprint density at radius 3 is 1.85 bits per heavy atom. The molecule has 0 aromatic carbocycles. The molecular weight excluding hydrogens is 506 g/mol. The number of rotatable bonds is 15. The second-order valence-corrected chi connectivity index (χ2v) is 8.97. The van der Waals surface area contributed by atoms with Gasteiger partial charge in [0.15, 0.2) is 0 Å². The summed E-state index contributed by atoms with van der Waals surface area (Å²) < 4.78 is 14.4. The van der Waals surface area contributed by atoms with Crippen molar-refractivity contribution in [2.24, 2.45) is 5.73 Å². The van der Waals surface area contributed by atoms with Crippen LogP contribution in [0.2, 0.25) is 0 Å².